The summed E-state index contributed by atoms with van der Waals surface area (Å²) in [5.74, 6) is 1.36. The van der Waals surface area contributed by atoms with Crippen molar-refractivity contribution in [1.82, 2.24) is 4.98 Å². The summed E-state index contributed by atoms with van der Waals surface area (Å²) in [6.07, 6.45) is 2.40. The van der Waals surface area contributed by atoms with Crippen molar-refractivity contribution in [2.45, 2.75) is 18.9 Å². The molecule has 5 heteroatoms. The minimum absolute atomic E-state index is 0.458. The Balaban J connectivity index is 1.97. The number of aliphatic hydroxyl groups excluding tert-OH is 1. The van der Waals surface area contributed by atoms with Crippen LogP contribution in [-0.2, 0) is 12.8 Å². The molecule has 0 aliphatic carbocycles. The van der Waals surface area contributed by atoms with E-state index in [1.165, 1.54) is 0 Å². The van der Waals surface area contributed by atoms with Crippen molar-refractivity contribution in [3.05, 3.63) is 52.1 Å². The number of hydrogen-bond donors (Lipinski definition) is 1. The van der Waals surface area contributed by atoms with Crippen LogP contribution in [0.4, 0.5) is 0 Å². The first kappa shape index (κ1) is 15.8. The molecule has 1 unspecified atom stereocenters. The van der Waals surface area contributed by atoms with E-state index < -0.39 is 6.10 Å². The summed E-state index contributed by atoms with van der Waals surface area (Å²) in [6.45, 7) is 0. The van der Waals surface area contributed by atoms with Gasteiger partial charge >= 0.3 is 0 Å². The minimum atomic E-state index is -0.458. The van der Waals surface area contributed by atoms with Crippen LogP contribution in [0.25, 0.3) is 0 Å². The number of ether oxygens (including phenoxy) is 2. The predicted octanol–water partition coefficient (Wildman–Crippen LogP) is 3.01. The van der Waals surface area contributed by atoms with E-state index in [1.54, 1.807) is 26.5 Å². The largest absolute Gasteiger partial charge is 0.496 e. The summed E-state index contributed by atoms with van der Waals surface area (Å²) >= 11 is 3.45. The molecule has 0 bridgehead atoms. The summed E-state index contributed by atoms with van der Waals surface area (Å²) < 4.78 is 11.1. The summed E-state index contributed by atoms with van der Waals surface area (Å²) in [5, 5.41) is 10.2. The number of aliphatic hydroxyl groups is 1. The first-order valence-electron chi connectivity index (χ1n) is 6.61. The van der Waals surface area contributed by atoms with Gasteiger partial charge in [-0.05, 0) is 45.6 Å². The van der Waals surface area contributed by atoms with Crippen molar-refractivity contribution >= 4 is 15.9 Å². The van der Waals surface area contributed by atoms with E-state index in [4.69, 9.17) is 9.47 Å². The van der Waals surface area contributed by atoms with Gasteiger partial charge in [-0.15, -0.1) is 0 Å². The van der Waals surface area contributed by atoms with E-state index in [0.717, 1.165) is 21.3 Å². The lowest BCUT2D eigenvalue weighted by Crippen LogP contribution is -2.14. The van der Waals surface area contributed by atoms with Gasteiger partial charge in [0.05, 0.1) is 24.8 Å². The normalized spacial score (nSPS) is 12.0. The van der Waals surface area contributed by atoms with Gasteiger partial charge in [-0.2, -0.15) is 0 Å². The van der Waals surface area contributed by atoms with Crippen molar-refractivity contribution in [1.29, 1.82) is 0 Å². The van der Waals surface area contributed by atoms with Gasteiger partial charge in [0.2, 0.25) is 5.88 Å². The van der Waals surface area contributed by atoms with Crippen molar-refractivity contribution in [3.8, 4) is 11.6 Å². The zero-order valence-electron chi connectivity index (χ0n) is 12.0. The third-order valence-corrected chi connectivity index (χ3v) is 3.79. The Kier molecular flexibility index (Phi) is 5.59. The van der Waals surface area contributed by atoms with Crippen LogP contribution in [0.1, 0.15) is 11.1 Å². The highest BCUT2D eigenvalue weighted by Gasteiger charge is 2.09. The molecule has 0 aliphatic heterocycles. The Hall–Kier alpha value is -1.59. The second-order valence-corrected chi connectivity index (χ2v) is 5.59. The third kappa shape index (κ3) is 4.44. The monoisotopic (exact) mass is 351 g/mol. The minimum Gasteiger partial charge on any atom is -0.496 e. The van der Waals surface area contributed by atoms with Gasteiger partial charge in [-0.3, -0.25) is 0 Å². The van der Waals surface area contributed by atoms with Crippen LogP contribution in [0.5, 0.6) is 11.6 Å². The van der Waals surface area contributed by atoms with Crippen molar-refractivity contribution in [2.24, 2.45) is 0 Å². The van der Waals surface area contributed by atoms with Gasteiger partial charge in [0.1, 0.15) is 5.75 Å². The molecule has 1 atom stereocenters. The van der Waals surface area contributed by atoms with E-state index in [-0.39, 0.29) is 0 Å². The molecule has 0 aliphatic rings. The average molecular weight is 352 g/mol. The molecule has 0 saturated carbocycles. The van der Waals surface area contributed by atoms with Crippen molar-refractivity contribution in [2.75, 3.05) is 14.2 Å². The molecule has 0 radical (unpaired) electrons. The molecule has 0 amide bonds. The van der Waals surface area contributed by atoms with E-state index >= 15 is 0 Å². The molecule has 4 nitrogen and oxygen atoms in total. The molecule has 2 rings (SSSR count). The Morgan fingerprint density at radius 1 is 1.10 bits per heavy atom. The molecule has 1 aromatic carbocycles. The highest BCUT2D eigenvalue weighted by Crippen LogP contribution is 2.26. The fourth-order valence-corrected chi connectivity index (χ4v) is 2.69. The number of aromatic nitrogens is 1. The van der Waals surface area contributed by atoms with Crippen LogP contribution in [-0.4, -0.2) is 30.4 Å². The second kappa shape index (κ2) is 7.43. The summed E-state index contributed by atoms with van der Waals surface area (Å²) in [7, 11) is 3.21. The zero-order valence-corrected chi connectivity index (χ0v) is 13.6. The Morgan fingerprint density at radius 3 is 2.38 bits per heavy atom. The van der Waals surface area contributed by atoms with Gasteiger partial charge in [0.25, 0.3) is 0 Å². The lowest BCUT2D eigenvalue weighted by molar-refractivity contribution is 0.175. The molecule has 1 N–H and O–H groups in total. The van der Waals surface area contributed by atoms with E-state index in [1.807, 2.05) is 24.3 Å². The topological polar surface area (TPSA) is 51.6 Å². The van der Waals surface area contributed by atoms with Crippen LogP contribution in [0.2, 0.25) is 0 Å². The van der Waals surface area contributed by atoms with Gasteiger partial charge in [-0.25, -0.2) is 4.98 Å². The Morgan fingerprint density at radius 2 is 1.81 bits per heavy atom. The molecule has 0 spiro atoms. The first-order valence-corrected chi connectivity index (χ1v) is 7.41. The maximum Gasteiger partial charge on any atom is 0.212 e. The summed E-state index contributed by atoms with van der Waals surface area (Å²) in [6, 6.07) is 9.53. The van der Waals surface area contributed by atoms with Crippen LogP contribution in [0.15, 0.2) is 41.0 Å². The average Bonchev–Trinajstić information content (AvgIpc) is 2.48. The number of pyridine rings is 1. The molecule has 21 heavy (non-hydrogen) atoms. The molecule has 0 fully saturated rings. The van der Waals surface area contributed by atoms with E-state index in [2.05, 4.69) is 20.9 Å². The van der Waals surface area contributed by atoms with Crippen molar-refractivity contribution < 1.29 is 14.6 Å². The van der Waals surface area contributed by atoms with Gasteiger partial charge in [0.15, 0.2) is 0 Å². The lowest BCUT2D eigenvalue weighted by Gasteiger charge is -2.12. The van der Waals surface area contributed by atoms with Crippen LogP contribution < -0.4 is 9.47 Å². The van der Waals surface area contributed by atoms with Crippen LogP contribution in [0, 0.1) is 0 Å². The Labute approximate surface area is 132 Å². The molecule has 1 heterocycles. The van der Waals surface area contributed by atoms with Gasteiger partial charge < -0.3 is 14.6 Å². The van der Waals surface area contributed by atoms with Gasteiger partial charge in [-0.1, -0.05) is 12.1 Å². The summed E-state index contributed by atoms with van der Waals surface area (Å²) in [5.41, 5.74) is 2.03. The smallest absolute Gasteiger partial charge is 0.212 e. The summed E-state index contributed by atoms with van der Waals surface area (Å²) in [4.78, 5) is 4.14. The van der Waals surface area contributed by atoms with E-state index in [9.17, 15) is 5.11 Å². The molecular weight excluding hydrogens is 334 g/mol. The number of hydrogen-bond acceptors (Lipinski definition) is 4. The van der Waals surface area contributed by atoms with E-state index in [0.29, 0.717) is 18.7 Å². The second-order valence-electron chi connectivity index (χ2n) is 4.74. The lowest BCUT2D eigenvalue weighted by atomic mass is 10.0. The molecule has 2 aromatic rings. The number of rotatable bonds is 6. The standard InChI is InChI=1S/C16H18BrNO3/c1-20-15-5-3-11(9-14(15)17)7-13(19)8-12-4-6-16(21-2)18-10-12/h3-6,9-10,13,19H,7-8H2,1-2H3. The quantitative estimate of drug-likeness (QED) is 0.868. The number of halogens is 1. The zero-order chi connectivity index (χ0) is 15.2. The van der Waals surface area contributed by atoms with Gasteiger partial charge in [0, 0.05) is 18.7 Å². The van der Waals surface area contributed by atoms with Crippen LogP contribution in [0.3, 0.4) is 0 Å². The maximum atomic E-state index is 10.2. The maximum absolute atomic E-state index is 10.2. The number of methoxy groups -OCH3 is 2. The van der Waals surface area contributed by atoms with Crippen molar-refractivity contribution in [3.63, 3.8) is 0 Å². The molecule has 112 valence electrons. The number of benzene rings is 1. The Bertz CT molecular complexity index is 587. The molecule has 1 aromatic heterocycles. The van der Waals surface area contributed by atoms with Crippen LogP contribution >= 0.6 is 15.9 Å². The molecular formula is C16H18BrNO3. The SMILES string of the molecule is COc1ccc(CC(O)Cc2ccc(OC)c(Br)c2)cn1. The fourth-order valence-electron chi connectivity index (χ4n) is 2.11. The number of nitrogens with zero attached hydrogens (tertiary/aromatic N) is 1. The highest BCUT2D eigenvalue weighted by molar-refractivity contribution is 9.10. The first-order chi connectivity index (χ1) is 10.1. The highest BCUT2D eigenvalue weighted by atomic mass is 79.9. The molecule has 0 saturated heterocycles. The fraction of sp³-hybridized carbons (Fsp3) is 0.312. The third-order valence-electron chi connectivity index (χ3n) is 3.17. The predicted molar refractivity (Wildman–Crippen MR) is 84.9 cm³/mol.